The molecule has 0 aromatic carbocycles. The summed E-state index contributed by atoms with van der Waals surface area (Å²) in [5, 5.41) is 33.6. The Morgan fingerprint density at radius 3 is 1.66 bits per heavy atom. The average Bonchev–Trinajstić information content (AvgIpc) is 2.77. The molecule has 10 nitrogen and oxygen atoms in total. The Labute approximate surface area is 190 Å². The van der Waals surface area contributed by atoms with Crippen LogP contribution in [-0.2, 0) is 19.2 Å². The van der Waals surface area contributed by atoms with Gasteiger partial charge in [0.05, 0.1) is 19.8 Å². The van der Waals surface area contributed by atoms with Gasteiger partial charge in [0.1, 0.15) is 12.1 Å². The molecule has 10 heteroatoms. The van der Waals surface area contributed by atoms with E-state index in [1.54, 1.807) is 0 Å². The number of aliphatic carboxylic acids is 1. The van der Waals surface area contributed by atoms with E-state index in [0.717, 1.165) is 19.3 Å². The van der Waals surface area contributed by atoms with Gasteiger partial charge in [0.25, 0.3) is 0 Å². The van der Waals surface area contributed by atoms with E-state index in [-0.39, 0.29) is 12.5 Å². The van der Waals surface area contributed by atoms with Crippen molar-refractivity contribution < 1.29 is 34.5 Å². The molecule has 0 radical (unpaired) electrons. The van der Waals surface area contributed by atoms with Crippen molar-refractivity contribution in [2.75, 3.05) is 19.8 Å². The number of unbranched alkanes of at least 4 members (excludes halogenated alkanes) is 10. The minimum atomic E-state index is -1.54. The molecular formula is C22H41N3O7. The highest BCUT2D eigenvalue weighted by molar-refractivity contribution is 5.92. The number of aliphatic hydroxyl groups excluding tert-OH is 2. The van der Waals surface area contributed by atoms with Crippen molar-refractivity contribution in [1.29, 1.82) is 0 Å². The first kappa shape index (κ1) is 29.8. The highest BCUT2D eigenvalue weighted by Gasteiger charge is 2.25. The third kappa shape index (κ3) is 15.6. The summed E-state index contributed by atoms with van der Waals surface area (Å²) >= 11 is 0. The zero-order chi connectivity index (χ0) is 24.2. The van der Waals surface area contributed by atoms with Crippen LogP contribution in [0.15, 0.2) is 0 Å². The molecule has 6 N–H and O–H groups in total. The van der Waals surface area contributed by atoms with E-state index in [9.17, 15) is 24.3 Å². The molecular weight excluding hydrogens is 418 g/mol. The fourth-order valence-electron chi connectivity index (χ4n) is 3.11. The quantitative estimate of drug-likeness (QED) is 0.147. The smallest absolute Gasteiger partial charge is 0.328 e. The molecule has 2 atom stereocenters. The first-order chi connectivity index (χ1) is 15.3. The van der Waals surface area contributed by atoms with Gasteiger partial charge in [-0.1, -0.05) is 71.1 Å². The van der Waals surface area contributed by atoms with E-state index in [4.69, 9.17) is 10.2 Å². The number of carboxylic acid groups (broad SMARTS) is 1. The summed E-state index contributed by atoms with van der Waals surface area (Å²) < 4.78 is 0. The number of hydrogen-bond acceptors (Lipinski definition) is 6. The number of carbonyl (C=O) groups excluding carboxylic acids is 3. The number of rotatable bonds is 20. The largest absolute Gasteiger partial charge is 0.480 e. The van der Waals surface area contributed by atoms with Crippen molar-refractivity contribution >= 4 is 23.7 Å². The van der Waals surface area contributed by atoms with Crippen LogP contribution in [0.5, 0.6) is 0 Å². The Balaban J connectivity index is 3.88. The molecule has 0 aliphatic heterocycles. The molecule has 0 saturated heterocycles. The second-order valence-electron chi connectivity index (χ2n) is 7.95. The average molecular weight is 460 g/mol. The molecule has 0 bridgehead atoms. The molecule has 0 aliphatic carbocycles. The Hall–Kier alpha value is -2.20. The van der Waals surface area contributed by atoms with Gasteiger partial charge in [0.2, 0.25) is 17.7 Å². The highest BCUT2D eigenvalue weighted by Crippen LogP contribution is 2.11. The van der Waals surface area contributed by atoms with Gasteiger partial charge in [0, 0.05) is 6.42 Å². The molecule has 0 fully saturated rings. The summed E-state index contributed by atoms with van der Waals surface area (Å²) in [6.45, 7) is 0.261. The number of amides is 3. The molecule has 32 heavy (non-hydrogen) atoms. The lowest BCUT2D eigenvalue weighted by Crippen LogP contribution is -2.55. The van der Waals surface area contributed by atoms with Crippen molar-refractivity contribution in [3.05, 3.63) is 0 Å². The Kier molecular flexibility index (Phi) is 18.1. The number of aliphatic hydroxyl groups is 2. The van der Waals surface area contributed by atoms with Gasteiger partial charge in [-0.3, -0.25) is 14.4 Å². The molecule has 0 rings (SSSR count). The first-order valence-corrected chi connectivity index (χ1v) is 11.7. The molecule has 0 aromatic heterocycles. The summed E-state index contributed by atoms with van der Waals surface area (Å²) in [7, 11) is 0. The zero-order valence-corrected chi connectivity index (χ0v) is 19.2. The van der Waals surface area contributed by atoms with Gasteiger partial charge < -0.3 is 31.3 Å². The van der Waals surface area contributed by atoms with Crippen LogP contribution in [0.3, 0.4) is 0 Å². The van der Waals surface area contributed by atoms with E-state index in [0.29, 0.717) is 6.42 Å². The molecule has 0 aliphatic rings. The number of hydrogen-bond donors (Lipinski definition) is 6. The summed E-state index contributed by atoms with van der Waals surface area (Å²) in [5.41, 5.74) is 0. The third-order valence-corrected chi connectivity index (χ3v) is 5.08. The van der Waals surface area contributed by atoms with Gasteiger partial charge in [0.15, 0.2) is 0 Å². The van der Waals surface area contributed by atoms with Crippen LogP contribution < -0.4 is 16.0 Å². The van der Waals surface area contributed by atoms with Crippen LogP contribution >= 0.6 is 0 Å². The van der Waals surface area contributed by atoms with E-state index < -0.39 is 43.1 Å². The van der Waals surface area contributed by atoms with Crippen LogP contribution in [0.1, 0.15) is 84.0 Å². The Morgan fingerprint density at radius 2 is 1.19 bits per heavy atom. The minimum Gasteiger partial charge on any atom is -0.480 e. The van der Waals surface area contributed by atoms with Crippen LogP contribution in [0.25, 0.3) is 0 Å². The third-order valence-electron chi connectivity index (χ3n) is 5.08. The lowest BCUT2D eigenvalue weighted by atomic mass is 10.1. The minimum absolute atomic E-state index is 0.271. The first-order valence-electron chi connectivity index (χ1n) is 11.7. The maximum atomic E-state index is 11.9. The molecule has 0 heterocycles. The SMILES string of the molecule is CCCCCCCCCCCCCC(=O)NCC(=O)NC(CO)C(=O)NC(CO)C(=O)O. The monoisotopic (exact) mass is 459 g/mol. The molecule has 186 valence electrons. The number of carboxylic acids is 1. The molecule has 0 spiro atoms. The van der Waals surface area contributed by atoms with Crippen LogP contribution in [0, 0.1) is 0 Å². The van der Waals surface area contributed by atoms with E-state index in [1.807, 2.05) is 5.32 Å². The maximum Gasteiger partial charge on any atom is 0.328 e. The summed E-state index contributed by atoms with van der Waals surface area (Å²) in [4.78, 5) is 46.5. The van der Waals surface area contributed by atoms with Crippen molar-refractivity contribution in [3.8, 4) is 0 Å². The van der Waals surface area contributed by atoms with Gasteiger partial charge in [-0.2, -0.15) is 0 Å². The summed E-state index contributed by atoms with van der Waals surface area (Å²) in [6.07, 6.45) is 13.3. The summed E-state index contributed by atoms with van der Waals surface area (Å²) in [6, 6.07) is -2.93. The van der Waals surface area contributed by atoms with Gasteiger partial charge >= 0.3 is 5.97 Å². The summed E-state index contributed by atoms with van der Waals surface area (Å²) in [5.74, 6) is -3.36. The predicted molar refractivity (Wildman–Crippen MR) is 120 cm³/mol. The lowest BCUT2D eigenvalue weighted by Gasteiger charge is -2.19. The number of carbonyl (C=O) groups is 4. The molecule has 2 unspecified atom stereocenters. The van der Waals surface area contributed by atoms with Crippen LogP contribution in [0.4, 0.5) is 0 Å². The maximum absolute atomic E-state index is 11.9. The van der Waals surface area contributed by atoms with Crippen molar-refractivity contribution in [2.45, 2.75) is 96.1 Å². The van der Waals surface area contributed by atoms with Gasteiger partial charge in [-0.05, 0) is 6.42 Å². The van der Waals surface area contributed by atoms with E-state index >= 15 is 0 Å². The fraction of sp³-hybridized carbons (Fsp3) is 0.818. The second-order valence-corrected chi connectivity index (χ2v) is 7.95. The lowest BCUT2D eigenvalue weighted by molar-refractivity contribution is -0.143. The van der Waals surface area contributed by atoms with E-state index in [2.05, 4.69) is 17.6 Å². The van der Waals surface area contributed by atoms with Crippen molar-refractivity contribution in [1.82, 2.24) is 16.0 Å². The van der Waals surface area contributed by atoms with Crippen molar-refractivity contribution in [2.24, 2.45) is 0 Å². The van der Waals surface area contributed by atoms with Gasteiger partial charge in [-0.25, -0.2) is 4.79 Å². The zero-order valence-electron chi connectivity index (χ0n) is 19.2. The predicted octanol–water partition coefficient (Wildman–Crippen LogP) is 0.843. The molecule has 0 aromatic rings. The molecule has 0 saturated carbocycles. The topological polar surface area (TPSA) is 165 Å². The second kappa shape index (κ2) is 19.5. The fourth-order valence-corrected chi connectivity index (χ4v) is 3.11. The molecule has 3 amide bonds. The van der Waals surface area contributed by atoms with Crippen molar-refractivity contribution in [3.63, 3.8) is 0 Å². The Morgan fingerprint density at radius 1 is 0.688 bits per heavy atom. The standard InChI is InChI=1S/C22H41N3O7/c1-2-3-4-5-6-7-8-9-10-11-12-13-19(28)23-14-20(29)24-17(15-26)21(30)25-18(16-27)22(31)32/h17-18,26-27H,2-16H2,1H3,(H,23,28)(H,24,29)(H,25,30)(H,31,32). The van der Waals surface area contributed by atoms with Crippen LogP contribution in [0.2, 0.25) is 0 Å². The Bertz CT molecular complexity index is 558. The van der Waals surface area contributed by atoms with Crippen LogP contribution in [-0.4, -0.2) is 70.9 Å². The highest BCUT2D eigenvalue weighted by atomic mass is 16.4. The van der Waals surface area contributed by atoms with Gasteiger partial charge in [-0.15, -0.1) is 0 Å². The number of nitrogens with one attached hydrogen (secondary N) is 3. The van der Waals surface area contributed by atoms with E-state index in [1.165, 1.54) is 51.4 Å². The normalized spacial score (nSPS) is 12.6.